The van der Waals surface area contributed by atoms with Gasteiger partial charge in [-0.15, -0.1) is 0 Å². The Kier molecular flexibility index (Phi) is 3.07. The number of benzene rings is 2. The molecular formula is C16H14O5. The van der Waals surface area contributed by atoms with E-state index in [1.807, 2.05) is 0 Å². The number of ether oxygens (including phenoxy) is 1. The zero-order valence-electron chi connectivity index (χ0n) is 11.1. The van der Waals surface area contributed by atoms with Gasteiger partial charge < -0.3 is 20.1 Å². The van der Waals surface area contributed by atoms with E-state index < -0.39 is 11.4 Å². The van der Waals surface area contributed by atoms with Crippen molar-refractivity contribution in [1.82, 2.24) is 0 Å². The minimum absolute atomic E-state index is 0.00512. The molecule has 1 aliphatic heterocycles. The number of phenols is 2. The molecule has 0 aromatic heterocycles. The zero-order valence-corrected chi connectivity index (χ0v) is 11.1. The highest BCUT2D eigenvalue weighted by Crippen LogP contribution is 2.33. The molecule has 0 saturated carbocycles. The molecule has 0 fully saturated rings. The van der Waals surface area contributed by atoms with Gasteiger partial charge in [0.25, 0.3) is 0 Å². The molecule has 5 heteroatoms. The molecule has 0 saturated heterocycles. The summed E-state index contributed by atoms with van der Waals surface area (Å²) in [5.41, 5.74) is -0.684. The summed E-state index contributed by atoms with van der Waals surface area (Å²) in [6, 6.07) is 10.5. The number of Topliss-reactive ketones (excluding diaryl/α,β-unsaturated/α-hetero) is 1. The molecule has 0 bridgehead atoms. The van der Waals surface area contributed by atoms with E-state index in [0.717, 1.165) is 5.56 Å². The van der Waals surface area contributed by atoms with Crippen molar-refractivity contribution in [3.8, 4) is 17.2 Å². The lowest BCUT2D eigenvalue weighted by Crippen LogP contribution is -2.49. The number of phenolic OH excluding ortho intramolecular Hbond substituents is 2. The van der Waals surface area contributed by atoms with E-state index in [-0.39, 0.29) is 35.8 Å². The monoisotopic (exact) mass is 286 g/mol. The standard InChI is InChI=1S/C16H14O5/c17-11-3-1-10(2-4-11)8-16(20)9-21-14-7-12(18)5-6-13(14)15(16)19/h1-7,17-18,20H,8-9H2. The van der Waals surface area contributed by atoms with Crippen LogP contribution in [0, 0.1) is 0 Å². The summed E-state index contributed by atoms with van der Waals surface area (Å²) in [6.45, 7) is -0.177. The van der Waals surface area contributed by atoms with Gasteiger partial charge in [-0.3, -0.25) is 4.79 Å². The zero-order chi connectivity index (χ0) is 15.0. The Morgan fingerprint density at radius 2 is 1.71 bits per heavy atom. The molecular weight excluding hydrogens is 272 g/mol. The first kappa shape index (κ1) is 13.5. The first-order valence-corrected chi connectivity index (χ1v) is 6.49. The fourth-order valence-corrected chi connectivity index (χ4v) is 2.41. The van der Waals surface area contributed by atoms with Crippen LogP contribution in [-0.4, -0.2) is 33.3 Å². The molecule has 1 aliphatic rings. The maximum absolute atomic E-state index is 12.5. The van der Waals surface area contributed by atoms with Crippen LogP contribution in [0.25, 0.3) is 0 Å². The third kappa shape index (κ3) is 2.43. The summed E-state index contributed by atoms with van der Waals surface area (Å²) in [5.74, 6) is -0.0319. The van der Waals surface area contributed by atoms with Crippen molar-refractivity contribution in [3.63, 3.8) is 0 Å². The third-order valence-corrected chi connectivity index (χ3v) is 3.53. The second-order valence-corrected chi connectivity index (χ2v) is 5.17. The smallest absolute Gasteiger partial charge is 0.201 e. The Hall–Kier alpha value is -2.53. The van der Waals surface area contributed by atoms with Crippen LogP contribution in [0.5, 0.6) is 17.2 Å². The summed E-state index contributed by atoms with van der Waals surface area (Å²) in [4.78, 5) is 12.5. The van der Waals surface area contributed by atoms with E-state index in [2.05, 4.69) is 0 Å². The van der Waals surface area contributed by atoms with Crippen LogP contribution in [0.3, 0.4) is 0 Å². The molecule has 3 rings (SSSR count). The molecule has 0 spiro atoms. The molecule has 1 unspecified atom stereocenters. The van der Waals surface area contributed by atoms with E-state index in [4.69, 9.17) is 4.74 Å². The average Bonchev–Trinajstić information content (AvgIpc) is 2.46. The Morgan fingerprint density at radius 1 is 1.05 bits per heavy atom. The Labute approximate surface area is 121 Å². The van der Waals surface area contributed by atoms with E-state index in [0.29, 0.717) is 0 Å². The van der Waals surface area contributed by atoms with Gasteiger partial charge in [-0.1, -0.05) is 12.1 Å². The fourth-order valence-electron chi connectivity index (χ4n) is 2.41. The molecule has 1 heterocycles. The minimum atomic E-state index is -1.65. The summed E-state index contributed by atoms with van der Waals surface area (Å²) in [7, 11) is 0. The largest absolute Gasteiger partial charge is 0.508 e. The van der Waals surface area contributed by atoms with Gasteiger partial charge in [0.05, 0.1) is 5.56 Å². The van der Waals surface area contributed by atoms with Crippen molar-refractivity contribution in [2.75, 3.05) is 6.61 Å². The molecule has 0 radical (unpaired) electrons. The van der Waals surface area contributed by atoms with Gasteiger partial charge in [0.15, 0.2) is 5.60 Å². The van der Waals surface area contributed by atoms with Crippen molar-refractivity contribution < 1.29 is 24.9 Å². The maximum atomic E-state index is 12.5. The van der Waals surface area contributed by atoms with Crippen LogP contribution >= 0.6 is 0 Å². The van der Waals surface area contributed by atoms with Gasteiger partial charge in [-0.2, -0.15) is 0 Å². The van der Waals surface area contributed by atoms with Crippen LogP contribution in [0.2, 0.25) is 0 Å². The molecule has 3 N–H and O–H groups in total. The number of carbonyl (C=O) groups is 1. The quantitative estimate of drug-likeness (QED) is 0.781. The van der Waals surface area contributed by atoms with Crippen molar-refractivity contribution in [2.24, 2.45) is 0 Å². The third-order valence-electron chi connectivity index (χ3n) is 3.53. The molecule has 108 valence electrons. The first-order valence-electron chi connectivity index (χ1n) is 6.49. The molecule has 21 heavy (non-hydrogen) atoms. The lowest BCUT2D eigenvalue weighted by Gasteiger charge is -2.32. The molecule has 0 aliphatic carbocycles. The Balaban J connectivity index is 1.90. The van der Waals surface area contributed by atoms with Crippen LogP contribution in [-0.2, 0) is 6.42 Å². The molecule has 2 aromatic carbocycles. The number of rotatable bonds is 2. The SMILES string of the molecule is O=C1c2ccc(O)cc2OCC1(O)Cc1ccc(O)cc1. The normalized spacial score (nSPS) is 20.7. The molecule has 0 amide bonds. The van der Waals surface area contributed by atoms with Crippen LogP contribution in [0.4, 0.5) is 0 Å². The summed E-state index contributed by atoms with van der Waals surface area (Å²) in [6.07, 6.45) is 0.0897. The number of aliphatic hydroxyl groups is 1. The predicted octanol–water partition coefficient (Wildman–Crippen LogP) is 1.65. The highest BCUT2D eigenvalue weighted by molar-refractivity contribution is 6.05. The van der Waals surface area contributed by atoms with Gasteiger partial charge in [0.2, 0.25) is 5.78 Å². The van der Waals surface area contributed by atoms with Crippen molar-refractivity contribution in [1.29, 1.82) is 0 Å². The second-order valence-electron chi connectivity index (χ2n) is 5.17. The van der Waals surface area contributed by atoms with Crippen LogP contribution < -0.4 is 4.74 Å². The van der Waals surface area contributed by atoms with Crippen LogP contribution in [0.1, 0.15) is 15.9 Å². The number of hydrogen-bond acceptors (Lipinski definition) is 5. The summed E-state index contributed by atoms with van der Waals surface area (Å²) < 4.78 is 5.41. The average molecular weight is 286 g/mol. The highest BCUT2D eigenvalue weighted by Gasteiger charge is 2.42. The Bertz CT molecular complexity index is 692. The van der Waals surface area contributed by atoms with Gasteiger partial charge >= 0.3 is 0 Å². The highest BCUT2D eigenvalue weighted by atomic mass is 16.5. The summed E-state index contributed by atoms with van der Waals surface area (Å²) >= 11 is 0. The van der Waals surface area contributed by atoms with E-state index >= 15 is 0 Å². The number of ketones is 1. The first-order chi connectivity index (χ1) is 9.98. The number of aromatic hydroxyl groups is 2. The van der Waals surface area contributed by atoms with E-state index in [1.165, 1.54) is 30.3 Å². The van der Waals surface area contributed by atoms with Crippen molar-refractivity contribution in [3.05, 3.63) is 53.6 Å². The van der Waals surface area contributed by atoms with Crippen molar-refractivity contribution >= 4 is 5.78 Å². The van der Waals surface area contributed by atoms with E-state index in [9.17, 15) is 20.1 Å². The van der Waals surface area contributed by atoms with Crippen LogP contribution in [0.15, 0.2) is 42.5 Å². The topological polar surface area (TPSA) is 87.0 Å². The molecule has 5 nitrogen and oxygen atoms in total. The second kappa shape index (κ2) is 4.79. The van der Waals surface area contributed by atoms with Crippen molar-refractivity contribution in [2.45, 2.75) is 12.0 Å². The van der Waals surface area contributed by atoms with Gasteiger partial charge in [0, 0.05) is 12.5 Å². The lowest BCUT2D eigenvalue weighted by atomic mass is 9.85. The minimum Gasteiger partial charge on any atom is -0.508 e. The lowest BCUT2D eigenvalue weighted by molar-refractivity contribution is -0.00199. The molecule has 1 atom stereocenters. The number of hydrogen-bond donors (Lipinski definition) is 3. The number of fused-ring (bicyclic) bond motifs is 1. The fraction of sp³-hybridized carbons (Fsp3) is 0.188. The van der Waals surface area contributed by atoms with Gasteiger partial charge in [0.1, 0.15) is 23.9 Å². The molecule has 2 aromatic rings. The maximum Gasteiger partial charge on any atom is 0.201 e. The van der Waals surface area contributed by atoms with Gasteiger partial charge in [-0.25, -0.2) is 0 Å². The van der Waals surface area contributed by atoms with E-state index in [1.54, 1.807) is 12.1 Å². The predicted molar refractivity (Wildman–Crippen MR) is 74.7 cm³/mol. The van der Waals surface area contributed by atoms with Gasteiger partial charge in [-0.05, 0) is 29.8 Å². The number of carbonyl (C=O) groups excluding carboxylic acids is 1. The summed E-state index contributed by atoms with van der Waals surface area (Å²) in [5, 5.41) is 29.2. The Morgan fingerprint density at radius 3 is 2.43 bits per heavy atom.